The number of piperidine rings is 1. The van der Waals surface area contributed by atoms with E-state index in [0.717, 1.165) is 30.9 Å². The molecule has 0 bridgehead atoms. The first-order valence-corrected chi connectivity index (χ1v) is 7.46. The third-order valence-corrected chi connectivity index (χ3v) is 3.87. The minimum Gasteiger partial charge on any atom is -0.449 e. The Morgan fingerprint density at radius 1 is 1.48 bits per heavy atom. The van der Waals surface area contributed by atoms with Crippen molar-refractivity contribution in [2.45, 2.75) is 19.4 Å². The molecule has 1 saturated heterocycles. The fourth-order valence-corrected chi connectivity index (χ4v) is 3.01. The highest BCUT2D eigenvalue weighted by molar-refractivity contribution is 6.29. The molecule has 2 aromatic heterocycles. The number of rotatable bonds is 3. The molecule has 5 nitrogen and oxygen atoms in total. The number of aromatic nitrogens is 1. The Morgan fingerprint density at radius 3 is 3.05 bits per heavy atom. The number of hydrogen-bond donors (Lipinski definition) is 2. The molecule has 3 rings (SSSR count). The van der Waals surface area contributed by atoms with Crippen LogP contribution in [0.1, 0.15) is 13.3 Å². The van der Waals surface area contributed by atoms with Gasteiger partial charge < -0.3 is 20.4 Å². The van der Waals surface area contributed by atoms with Gasteiger partial charge >= 0.3 is 0 Å². The first-order valence-electron chi connectivity index (χ1n) is 7.08. The van der Waals surface area contributed by atoms with Gasteiger partial charge in [0.25, 0.3) is 0 Å². The van der Waals surface area contributed by atoms with Gasteiger partial charge in [-0.1, -0.05) is 18.5 Å². The van der Waals surface area contributed by atoms with E-state index in [4.69, 9.17) is 21.8 Å². The lowest BCUT2D eigenvalue weighted by atomic mass is 9.96. The van der Waals surface area contributed by atoms with Crippen molar-refractivity contribution in [3.8, 4) is 0 Å². The summed E-state index contributed by atoms with van der Waals surface area (Å²) < 4.78 is 5.34. The van der Waals surface area contributed by atoms with Crippen LogP contribution in [0.5, 0.6) is 0 Å². The summed E-state index contributed by atoms with van der Waals surface area (Å²) in [4.78, 5) is 6.42. The van der Waals surface area contributed by atoms with Crippen molar-refractivity contribution in [3.63, 3.8) is 0 Å². The van der Waals surface area contributed by atoms with E-state index in [1.54, 1.807) is 12.5 Å². The van der Waals surface area contributed by atoms with E-state index in [9.17, 15) is 0 Å². The number of pyridine rings is 1. The predicted molar refractivity (Wildman–Crippen MR) is 85.2 cm³/mol. The van der Waals surface area contributed by atoms with Crippen LogP contribution in [0, 0.1) is 5.92 Å². The van der Waals surface area contributed by atoms with Crippen LogP contribution >= 0.6 is 11.6 Å². The Kier molecular flexibility index (Phi) is 4.03. The molecule has 0 amide bonds. The third kappa shape index (κ3) is 3.31. The van der Waals surface area contributed by atoms with Crippen LogP contribution in [0.25, 0.3) is 0 Å². The van der Waals surface area contributed by atoms with Gasteiger partial charge in [-0.3, -0.25) is 0 Å². The smallest absolute Gasteiger partial charge is 0.197 e. The topological polar surface area (TPSA) is 67.3 Å². The quantitative estimate of drug-likeness (QED) is 0.852. The van der Waals surface area contributed by atoms with Gasteiger partial charge in [0.1, 0.15) is 5.15 Å². The molecular weight excluding hydrogens is 288 g/mol. The maximum atomic E-state index is 6.15. The summed E-state index contributed by atoms with van der Waals surface area (Å²) in [6, 6.07) is 5.75. The SMILES string of the molecule is CC1CC(N)CN(c2cc(Cl)ncc2Nc2ccco2)C1. The minimum absolute atomic E-state index is 0.178. The van der Waals surface area contributed by atoms with Gasteiger partial charge in [-0.25, -0.2) is 4.98 Å². The molecular formula is C15H19ClN4O. The normalized spacial score (nSPS) is 22.3. The maximum absolute atomic E-state index is 6.15. The third-order valence-electron chi connectivity index (χ3n) is 3.66. The fraction of sp³-hybridized carbons (Fsp3) is 0.400. The number of halogens is 1. The maximum Gasteiger partial charge on any atom is 0.197 e. The van der Waals surface area contributed by atoms with Crippen LogP contribution in [0.4, 0.5) is 17.3 Å². The molecule has 6 heteroatoms. The highest BCUT2D eigenvalue weighted by Gasteiger charge is 2.24. The first kappa shape index (κ1) is 14.2. The molecule has 21 heavy (non-hydrogen) atoms. The Labute approximate surface area is 129 Å². The van der Waals surface area contributed by atoms with E-state index in [2.05, 4.69) is 22.1 Å². The summed E-state index contributed by atoms with van der Waals surface area (Å²) in [6.45, 7) is 3.99. The summed E-state index contributed by atoms with van der Waals surface area (Å²) >= 11 is 6.07. The van der Waals surface area contributed by atoms with E-state index in [1.807, 2.05) is 18.2 Å². The van der Waals surface area contributed by atoms with Crippen molar-refractivity contribution in [2.75, 3.05) is 23.3 Å². The number of hydrogen-bond acceptors (Lipinski definition) is 5. The van der Waals surface area contributed by atoms with Gasteiger partial charge in [-0.2, -0.15) is 0 Å². The monoisotopic (exact) mass is 306 g/mol. The lowest BCUT2D eigenvalue weighted by Gasteiger charge is -2.37. The van der Waals surface area contributed by atoms with Gasteiger partial charge in [0.2, 0.25) is 0 Å². The van der Waals surface area contributed by atoms with Crippen molar-refractivity contribution in [1.29, 1.82) is 0 Å². The van der Waals surface area contributed by atoms with Crippen LogP contribution in [-0.4, -0.2) is 24.1 Å². The largest absolute Gasteiger partial charge is 0.449 e. The zero-order valence-corrected chi connectivity index (χ0v) is 12.7. The molecule has 0 aromatic carbocycles. The Morgan fingerprint density at radius 2 is 2.33 bits per heavy atom. The van der Waals surface area contributed by atoms with E-state index < -0.39 is 0 Å². The van der Waals surface area contributed by atoms with E-state index in [1.165, 1.54) is 0 Å². The molecule has 1 aliphatic rings. The van der Waals surface area contributed by atoms with Crippen LogP contribution < -0.4 is 16.0 Å². The van der Waals surface area contributed by atoms with Crippen LogP contribution in [0.3, 0.4) is 0 Å². The Hall–Kier alpha value is -1.72. The number of nitrogens with one attached hydrogen (secondary N) is 1. The average molecular weight is 307 g/mol. The van der Waals surface area contributed by atoms with Crippen molar-refractivity contribution in [3.05, 3.63) is 35.8 Å². The second-order valence-electron chi connectivity index (χ2n) is 5.63. The molecule has 3 N–H and O–H groups in total. The molecule has 2 aromatic rings. The zero-order chi connectivity index (χ0) is 14.8. The van der Waals surface area contributed by atoms with Gasteiger partial charge in [0.15, 0.2) is 5.88 Å². The number of nitrogens with two attached hydrogens (primary N) is 1. The van der Waals surface area contributed by atoms with Gasteiger partial charge in [0, 0.05) is 31.3 Å². The first-order chi connectivity index (χ1) is 10.1. The van der Waals surface area contributed by atoms with Crippen LogP contribution in [0.15, 0.2) is 35.1 Å². The zero-order valence-electron chi connectivity index (χ0n) is 11.9. The molecule has 0 saturated carbocycles. The Balaban J connectivity index is 1.90. The second-order valence-corrected chi connectivity index (χ2v) is 6.02. The lowest BCUT2D eigenvalue weighted by molar-refractivity contribution is 0.402. The molecule has 0 radical (unpaired) electrons. The van der Waals surface area contributed by atoms with Gasteiger partial charge in [0.05, 0.1) is 23.8 Å². The fourth-order valence-electron chi connectivity index (χ4n) is 2.86. The summed E-state index contributed by atoms with van der Waals surface area (Å²) in [5.74, 6) is 1.23. The van der Waals surface area contributed by atoms with Gasteiger partial charge in [-0.05, 0) is 18.4 Å². The van der Waals surface area contributed by atoms with E-state index in [-0.39, 0.29) is 6.04 Å². The van der Waals surface area contributed by atoms with Crippen molar-refractivity contribution in [1.82, 2.24) is 4.98 Å². The van der Waals surface area contributed by atoms with Gasteiger partial charge in [-0.15, -0.1) is 0 Å². The molecule has 0 spiro atoms. The second kappa shape index (κ2) is 5.95. The van der Waals surface area contributed by atoms with Crippen LogP contribution in [-0.2, 0) is 0 Å². The number of anilines is 3. The highest BCUT2D eigenvalue weighted by atomic mass is 35.5. The van der Waals surface area contributed by atoms with Crippen molar-refractivity contribution < 1.29 is 4.42 Å². The van der Waals surface area contributed by atoms with E-state index in [0.29, 0.717) is 17.0 Å². The molecule has 1 fully saturated rings. The molecule has 112 valence electrons. The van der Waals surface area contributed by atoms with E-state index >= 15 is 0 Å². The van der Waals surface area contributed by atoms with Crippen molar-refractivity contribution in [2.24, 2.45) is 11.7 Å². The highest BCUT2D eigenvalue weighted by Crippen LogP contribution is 2.33. The average Bonchev–Trinajstić information content (AvgIpc) is 2.92. The van der Waals surface area contributed by atoms with Crippen LogP contribution in [0.2, 0.25) is 5.15 Å². The summed E-state index contributed by atoms with van der Waals surface area (Å²) in [5.41, 5.74) is 8.03. The minimum atomic E-state index is 0.178. The standard InChI is InChI=1S/C15H19ClN4O/c1-10-5-11(17)9-20(8-10)13-6-14(16)18-7-12(13)19-15-3-2-4-21-15/h2-4,6-7,10-11,19H,5,8-9,17H2,1H3. The summed E-state index contributed by atoms with van der Waals surface area (Å²) in [7, 11) is 0. The molecule has 0 aliphatic carbocycles. The summed E-state index contributed by atoms with van der Waals surface area (Å²) in [5, 5.41) is 3.71. The summed E-state index contributed by atoms with van der Waals surface area (Å²) in [6.07, 6.45) is 4.41. The number of nitrogens with zero attached hydrogens (tertiary/aromatic N) is 2. The molecule has 3 heterocycles. The molecule has 2 atom stereocenters. The lowest BCUT2D eigenvalue weighted by Crippen LogP contribution is -2.46. The molecule has 1 aliphatic heterocycles. The predicted octanol–water partition coefficient (Wildman–Crippen LogP) is 3.25. The Bertz CT molecular complexity index is 592. The molecule has 2 unspecified atom stereocenters. The number of furan rings is 1. The van der Waals surface area contributed by atoms with Crippen molar-refractivity contribution >= 4 is 28.9 Å².